The Hall–Kier alpha value is 0.0700. The van der Waals surface area contributed by atoms with E-state index in [0.29, 0.717) is 6.26 Å². The molecule has 0 spiro atoms. The zero-order valence-corrected chi connectivity index (χ0v) is 7.31. The fraction of sp³-hybridized carbons (Fsp3) is 1.00. The molecule has 0 N–H and O–H groups in total. The molecule has 0 aromatic rings. The lowest BCUT2D eigenvalue weighted by Gasteiger charge is -2.02. The number of halogens is 1. The molecule has 10 heavy (non-hydrogen) atoms. The van der Waals surface area contributed by atoms with Crippen LogP contribution in [0.4, 0.5) is 4.39 Å². The van der Waals surface area contributed by atoms with Crippen molar-refractivity contribution in [3.63, 3.8) is 0 Å². The third-order valence-electron chi connectivity index (χ3n) is 0.762. The van der Waals surface area contributed by atoms with Crippen molar-refractivity contribution in [3.8, 4) is 0 Å². The molecule has 2 atom stereocenters. The van der Waals surface area contributed by atoms with Crippen LogP contribution in [0.15, 0.2) is 0 Å². The van der Waals surface area contributed by atoms with E-state index in [0.717, 1.165) is 7.11 Å². The fourth-order valence-corrected chi connectivity index (χ4v) is 2.14. The van der Waals surface area contributed by atoms with E-state index >= 15 is 0 Å². The van der Waals surface area contributed by atoms with Crippen molar-refractivity contribution in [2.75, 3.05) is 13.4 Å². The third kappa shape index (κ3) is 2.77. The predicted octanol–water partition coefficient (Wildman–Crippen LogP) is 0.405. The highest BCUT2D eigenvalue weighted by molar-refractivity contribution is 7.96. The topological polar surface area (TPSA) is 60.4 Å². The zero-order chi connectivity index (χ0) is 8.36. The smallest absolute Gasteiger partial charge is 0.272 e. The van der Waals surface area contributed by atoms with Crippen LogP contribution < -0.4 is 0 Å². The largest absolute Gasteiger partial charge is 0.331 e. The normalized spacial score (nSPS) is 18.3. The molecule has 0 saturated heterocycles. The number of hydrogen-bond donors (Lipinski definition) is 0. The minimum atomic E-state index is -3.87. The third-order valence-corrected chi connectivity index (χ3v) is 4.15. The number of hydrogen-bond acceptors (Lipinski definition) is 4. The lowest BCUT2D eigenvalue weighted by Crippen LogP contribution is -2.09. The van der Waals surface area contributed by atoms with E-state index in [1.807, 2.05) is 0 Å². The average molecular weight is 190 g/mol. The first-order valence-electron chi connectivity index (χ1n) is 2.30. The van der Waals surface area contributed by atoms with Gasteiger partial charge in [0.25, 0.3) is 5.24 Å². The van der Waals surface area contributed by atoms with Gasteiger partial charge in [-0.1, -0.05) is 0 Å². The maximum atomic E-state index is 12.3. The fourth-order valence-electron chi connectivity index (χ4n) is 0.267. The summed E-state index contributed by atoms with van der Waals surface area (Å²) in [5, 5.41) is -2.37. The van der Waals surface area contributed by atoms with Gasteiger partial charge in [-0.05, 0) is 0 Å². The second kappa shape index (κ2) is 3.46. The molecule has 0 fully saturated rings. The van der Waals surface area contributed by atoms with Gasteiger partial charge in [0.2, 0.25) is 8.03 Å². The van der Waals surface area contributed by atoms with Gasteiger partial charge in [0.1, 0.15) is 0 Å². The number of sulfone groups is 1. The second-order valence-corrected chi connectivity index (χ2v) is 5.71. The Balaban J connectivity index is 4.39. The van der Waals surface area contributed by atoms with E-state index in [9.17, 15) is 17.4 Å². The van der Waals surface area contributed by atoms with Crippen LogP contribution in [0.25, 0.3) is 0 Å². The van der Waals surface area contributed by atoms with Gasteiger partial charge in [0.15, 0.2) is 9.84 Å². The lowest BCUT2D eigenvalue weighted by molar-refractivity contribution is 0.381. The minimum Gasteiger partial charge on any atom is -0.331 e. The highest BCUT2D eigenvalue weighted by Crippen LogP contribution is 2.32. The summed E-state index contributed by atoms with van der Waals surface area (Å²) in [6.45, 7) is 0. The molecule has 0 aromatic carbocycles. The van der Waals surface area contributed by atoms with Crippen molar-refractivity contribution >= 4 is 17.9 Å². The minimum absolute atomic E-state index is 0.666. The van der Waals surface area contributed by atoms with Crippen LogP contribution in [0.3, 0.4) is 0 Å². The van der Waals surface area contributed by atoms with Gasteiger partial charge in [-0.15, -0.1) is 0 Å². The Morgan fingerprint density at radius 1 is 1.60 bits per heavy atom. The first-order chi connectivity index (χ1) is 4.39. The Morgan fingerprint density at radius 2 is 2.00 bits per heavy atom. The van der Waals surface area contributed by atoms with E-state index in [2.05, 4.69) is 4.52 Å². The number of rotatable bonds is 3. The van der Waals surface area contributed by atoms with Crippen LogP contribution in [0.5, 0.6) is 0 Å². The summed E-state index contributed by atoms with van der Waals surface area (Å²) in [4.78, 5) is 0. The summed E-state index contributed by atoms with van der Waals surface area (Å²) in [5.41, 5.74) is 0. The molecule has 0 aliphatic carbocycles. The SMILES string of the molecule is CO[PH](=O)C(F)S(C)(=O)=O. The number of alkyl halides is 1. The lowest BCUT2D eigenvalue weighted by atomic mass is 11.8. The Kier molecular flexibility index (Phi) is 3.48. The van der Waals surface area contributed by atoms with Gasteiger partial charge in [-0.25, -0.2) is 12.8 Å². The van der Waals surface area contributed by atoms with Crippen molar-refractivity contribution < 1.29 is 21.9 Å². The molecule has 0 aliphatic heterocycles. The monoisotopic (exact) mass is 190 g/mol. The summed E-state index contributed by atoms with van der Waals surface area (Å²) in [5.74, 6) is 0. The van der Waals surface area contributed by atoms with Crippen LogP contribution in [0, 0.1) is 0 Å². The maximum absolute atomic E-state index is 12.3. The summed E-state index contributed by atoms with van der Waals surface area (Å²) in [7, 11) is -5.94. The van der Waals surface area contributed by atoms with Crippen molar-refractivity contribution in [2.24, 2.45) is 0 Å². The zero-order valence-electron chi connectivity index (χ0n) is 5.50. The average Bonchev–Trinajstić information content (AvgIpc) is 1.83. The van der Waals surface area contributed by atoms with Gasteiger partial charge in [0.05, 0.1) is 0 Å². The van der Waals surface area contributed by atoms with Gasteiger partial charge in [-0.2, -0.15) is 0 Å². The highest BCUT2D eigenvalue weighted by atomic mass is 32.2. The Bertz CT molecular complexity index is 223. The van der Waals surface area contributed by atoms with Gasteiger partial charge in [-0.3, -0.25) is 4.57 Å². The van der Waals surface area contributed by atoms with E-state index in [1.54, 1.807) is 0 Å². The summed E-state index contributed by atoms with van der Waals surface area (Å²) >= 11 is 0. The van der Waals surface area contributed by atoms with Crippen LogP contribution >= 0.6 is 8.03 Å². The van der Waals surface area contributed by atoms with E-state index in [1.165, 1.54) is 0 Å². The Morgan fingerprint density at radius 3 is 2.10 bits per heavy atom. The molecule has 62 valence electrons. The van der Waals surface area contributed by atoms with Crippen molar-refractivity contribution in [1.82, 2.24) is 0 Å². The summed E-state index contributed by atoms with van der Waals surface area (Å²) < 4.78 is 47.3. The maximum Gasteiger partial charge on any atom is 0.272 e. The van der Waals surface area contributed by atoms with E-state index < -0.39 is 23.1 Å². The molecule has 0 radical (unpaired) electrons. The Labute approximate surface area is 59.2 Å². The predicted molar refractivity (Wildman–Crippen MR) is 35.8 cm³/mol. The van der Waals surface area contributed by atoms with Crippen LogP contribution in [-0.2, 0) is 18.9 Å². The molecule has 0 aliphatic rings. The van der Waals surface area contributed by atoms with Crippen LogP contribution in [0.1, 0.15) is 0 Å². The molecular weight excluding hydrogens is 182 g/mol. The van der Waals surface area contributed by atoms with E-state index in [-0.39, 0.29) is 0 Å². The van der Waals surface area contributed by atoms with Crippen molar-refractivity contribution in [1.29, 1.82) is 0 Å². The molecular formula is C3H8FO4PS. The quantitative estimate of drug-likeness (QED) is 0.604. The second-order valence-electron chi connectivity index (χ2n) is 1.67. The van der Waals surface area contributed by atoms with Crippen molar-refractivity contribution in [3.05, 3.63) is 0 Å². The molecule has 0 amide bonds. The molecule has 4 nitrogen and oxygen atoms in total. The molecule has 2 unspecified atom stereocenters. The van der Waals surface area contributed by atoms with Gasteiger partial charge >= 0.3 is 0 Å². The van der Waals surface area contributed by atoms with Crippen LogP contribution in [0.2, 0.25) is 0 Å². The van der Waals surface area contributed by atoms with Gasteiger partial charge < -0.3 is 4.52 Å². The molecule has 0 heterocycles. The molecule has 7 heteroatoms. The first-order valence-corrected chi connectivity index (χ1v) is 5.65. The highest BCUT2D eigenvalue weighted by Gasteiger charge is 2.25. The molecule has 0 aromatic heterocycles. The molecule has 0 bridgehead atoms. The standard InChI is InChI=1S/C3H8FO4PS/c1-8-9(5)3(4)10(2,6)7/h3,9H,1-2H3. The molecule has 0 rings (SSSR count). The first kappa shape index (κ1) is 10.1. The molecule has 0 saturated carbocycles. The van der Waals surface area contributed by atoms with Gasteiger partial charge in [0, 0.05) is 13.4 Å². The summed E-state index contributed by atoms with van der Waals surface area (Å²) in [6, 6.07) is 0. The summed E-state index contributed by atoms with van der Waals surface area (Å²) in [6.07, 6.45) is 0.666. The van der Waals surface area contributed by atoms with Crippen LogP contribution in [-0.4, -0.2) is 27.0 Å². The van der Waals surface area contributed by atoms with E-state index in [4.69, 9.17) is 0 Å². The van der Waals surface area contributed by atoms with Crippen molar-refractivity contribution in [2.45, 2.75) is 5.24 Å².